The van der Waals surface area contributed by atoms with Crippen molar-refractivity contribution in [1.82, 2.24) is 30.0 Å². The van der Waals surface area contributed by atoms with Gasteiger partial charge in [-0.1, -0.05) is 0 Å². The van der Waals surface area contributed by atoms with E-state index in [1.807, 2.05) is 0 Å². The Kier molecular flexibility index (Phi) is 6.20. The number of pyridine rings is 2. The van der Waals surface area contributed by atoms with E-state index in [2.05, 4.69) is 30.7 Å². The van der Waals surface area contributed by atoms with Crippen LogP contribution in [0.3, 0.4) is 0 Å². The molecular formula is C25H23FN8O4. The number of benzene rings is 1. The molecule has 0 radical (unpaired) electrons. The lowest BCUT2D eigenvalue weighted by Gasteiger charge is -2.22. The third-order valence-corrected chi connectivity index (χ3v) is 5.86. The van der Waals surface area contributed by atoms with Gasteiger partial charge in [-0.3, -0.25) is 9.59 Å². The maximum atomic E-state index is 14.3. The summed E-state index contributed by atoms with van der Waals surface area (Å²) >= 11 is 0. The van der Waals surface area contributed by atoms with Gasteiger partial charge < -0.3 is 25.9 Å². The molecule has 4 heterocycles. The molecule has 0 aliphatic heterocycles. The lowest BCUT2D eigenvalue weighted by atomic mass is 10.0. The fraction of sp³-hybridized carbons (Fsp3) is 0.200. The number of alkyl halides is 1. The highest BCUT2D eigenvalue weighted by Crippen LogP contribution is 2.27. The van der Waals surface area contributed by atoms with Crippen molar-refractivity contribution in [1.29, 1.82) is 0 Å². The second-order valence-corrected chi connectivity index (χ2v) is 9.14. The fourth-order valence-corrected chi connectivity index (χ4v) is 3.68. The van der Waals surface area contributed by atoms with E-state index >= 15 is 0 Å². The van der Waals surface area contributed by atoms with Crippen molar-refractivity contribution in [3.05, 3.63) is 66.4 Å². The molecule has 0 bridgehead atoms. The first-order chi connectivity index (χ1) is 18.1. The number of rotatable bonds is 8. The summed E-state index contributed by atoms with van der Waals surface area (Å²) in [5.74, 6) is -0.899. The summed E-state index contributed by atoms with van der Waals surface area (Å²) in [6.45, 7) is 2.24. The topological polar surface area (TPSA) is 174 Å². The van der Waals surface area contributed by atoms with Crippen LogP contribution in [0.4, 0.5) is 15.8 Å². The fourth-order valence-electron chi connectivity index (χ4n) is 3.68. The zero-order valence-electron chi connectivity index (χ0n) is 20.3. The molecule has 1 unspecified atom stereocenters. The van der Waals surface area contributed by atoms with Gasteiger partial charge in [0.2, 0.25) is 5.91 Å². The minimum Gasteiger partial charge on any atom is -0.443 e. The molecule has 5 N–H and O–H groups in total. The van der Waals surface area contributed by atoms with Crippen molar-refractivity contribution in [3.8, 4) is 5.82 Å². The van der Waals surface area contributed by atoms with Crippen LogP contribution in [0.15, 0.2) is 59.7 Å². The Labute approximate surface area is 214 Å². The number of hydrogen-bond donors (Lipinski definition) is 4. The van der Waals surface area contributed by atoms with E-state index in [-0.39, 0.29) is 11.1 Å². The van der Waals surface area contributed by atoms with Gasteiger partial charge in [0.15, 0.2) is 23.4 Å². The summed E-state index contributed by atoms with van der Waals surface area (Å²) in [6, 6.07) is 8.37. The average Bonchev–Trinajstić information content (AvgIpc) is 3.52. The predicted octanol–water partition coefficient (Wildman–Crippen LogP) is 2.64. The van der Waals surface area contributed by atoms with Crippen LogP contribution in [0.5, 0.6) is 0 Å². The number of oxazole rings is 1. The van der Waals surface area contributed by atoms with Gasteiger partial charge in [0, 0.05) is 35.6 Å². The smallest absolute Gasteiger partial charge is 0.255 e. The summed E-state index contributed by atoms with van der Waals surface area (Å²) in [6.07, 6.45) is 3.82. The number of aromatic nitrogens is 5. The number of fused-ring (bicyclic) bond motifs is 2. The second-order valence-electron chi connectivity index (χ2n) is 9.14. The number of nitrogens with one attached hydrogen (secondary N) is 2. The molecule has 5 rings (SSSR count). The molecule has 0 saturated carbocycles. The van der Waals surface area contributed by atoms with Gasteiger partial charge in [-0.25, -0.2) is 19.3 Å². The summed E-state index contributed by atoms with van der Waals surface area (Å²) in [4.78, 5) is 37.3. The normalized spacial score (nSPS) is 12.5. The average molecular weight is 519 g/mol. The number of primary amides is 1. The van der Waals surface area contributed by atoms with Crippen LogP contribution < -0.4 is 16.4 Å². The van der Waals surface area contributed by atoms with Crippen molar-refractivity contribution in [2.75, 3.05) is 11.9 Å². The zero-order chi connectivity index (χ0) is 27.0. The van der Waals surface area contributed by atoms with Crippen molar-refractivity contribution < 1.29 is 23.5 Å². The minimum absolute atomic E-state index is 0.120. The molecule has 5 aromatic rings. The first kappa shape index (κ1) is 24.8. The maximum Gasteiger partial charge on any atom is 0.255 e. The number of aliphatic hydroxyl groups is 1. The lowest BCUT2D eigenvalue weighted by Crippen LogP contribution is -2.42. The summed E-state index contributed by atoms with van der Waals surface area (Å²) < 4.78 is 21.1. The van der Waals surface area contributed by atoms with Crippen molar-refractivity contribution >= 4 is 45.3 Å². The second kappa shape index (κ2) is 9.52. The third kappa shape index (κ3) is 4.86. The molecule has 194 valence electrons. The number of halogens is 1. The molecule has 0 saturated heterocycles. The van der Waals surface area contributed by atoms with Crippen LogP contribution in [0.25, 0.3) is 28.0 Å². The standard InChI is InChI=1S/C25H23FN8O4/c1-25(2,37)20(26)11-30-24(36)16-10-28-21(34-23-14(9-32-34)5-13(8-29-23)22(27)35)7-18(16)33-15-3-4-17-19(6-15)38-12-31-17/h3-10,12,20,37H,11H2,1-2H3,(H2,27,35)(H,28,33)(H,30,36). The van der Waals surface area contributed by atoms with E-state index in [1.54, 1.807) is 30.3 Å². The third-order valence-electron chi connectivity index (χ3n) is 5.86. The van der Waals surface area contributed by atoms with Crippen molar-refractivity contribution in [2.45, 2.75) is 25.6 Å². The molecule has 12 nitrogen and oxygen atoms in total. The first-order valence-electron chi connectivity index (χ1n) is 11.5. The Morgan fingerprint density at radius 2 is 1.97 bits per heavy atom. The molecule has 4 aromatic heterocycles. The summed E-state index contributed by atoms with van der Waals surface area (Å²) in [7, 11) is 0. The van der Waals surface area contributed by atoms with Crippen LogP contribution in [-0.2, 0) is 0 Å². The largest absolute Gasteiger partial charge is 0.443 e. The van der Waals surface area contributed by atoms with Crippen LogP contribution in [0.1, 0.15) is 34.6 Å². The Bertz CT molecular complexity index is 1670. The molecule has 38 heavy (non-hydrogen) atoms. The van der Waals surface area contributed by atoms with Gasteiger partial charge in [-0.15, -0.1) is 0 Å². The number of carbonyl (C=O) groups excluding carboxylic acids is 2. The van der Waals surface area contributed by atoms with E-state index in [0.717, 1.165) is 0 Å². The lowest BCUT2D eigenvalue weighted by molar-refractivity contribution is -0.00177. The monoisotopic (exact) mass is 518 g/mol. The van der Waals surface area contributed by atoms with Gasteiger partial charge in [0.1, 0.15) is 11.7 Å². The van der Waals surface area contributed by atoms with E-state index in [9.17, 15) is 19.1 Å². The van der Waals surface area contributed by atoms with Crippen molar-refractivity contribution in [2.24, 2.45) is 5.73 Å². The molecule has 1 aromatic carbocycles. The van der Waals surface area contributed by atoms with Crippen LogP contribution in [0.2, 0.25) is 0 Å². The highest BCUT2D eigenvalue weighted by Gasteiger charge is 2.27. The molecular weight excluding hydrogens is 495 g/mol. The minimum atomic E-state index is -1.68. The number of nitrogens with two attached hydrogens (primary N) is 1. The number of nitrogens with zero attached hydrogens (tertiary/aromatic N) is 5. The number of anilines is 2. The van der Waals surface area contributed by atoms with E-state index in [4.69, 9.17) is 10.2 Å². The Hall–Kier alpha value is -4.91. The van der Waals surface area contributed by atoms with Crippen molar-refractivity contribution in [3.63, 3.8) is 0 Å². The Morgan fingerprint density at radius 3 is 2.74 bits per heavy atom. The SMILES string of the molecule is CC(C)(O)C(F)CNC(=O)c1cnc(-n2ncc3cc(C(N)=O)cnc32)cc1Nc1ccc2ncoc2c1. The van der Waals surface area contributed by atoms with Gasteiger partial charge in [0.05, 0.1) is 35.2 Å². The van der Waals surface area contributed by atoms with E-state index in [0.29, 0.717) is 39.3 Å². The number of hydrogen-bond acceptors (Lipinski definition) is 9. The van der Waals surface area contributed by atoms with Crippen LogP contribution >= 0.6 is 0 Å². The number of carbonyl (C=O) groups is 2. The molecule has 0 fully saturated rings. The quantitative estimate of drug-likeness (QED) is 0.241. The van der Waals surface area contributed by atoms with Crippen LogP contribution in [-0.4, -0.2) is 60.0 Å². The first-order valence-corrected chi connectivity index (χ1v) is 11.5. The maximum absolute atomic E-state index is 14.3. The molecule has 0 aliphatic rings. The van der Waals surface area contributed by atoms with Gasteiger partial charge in [-0.2, -0.15) is 9.78 Å². The Morgan fingerprint density at radius 1 is 1.16 bits per heavy atom. The number of amides is 2. The molecule has 1 atom stereocenters. The highest BCUT2D eigenvalue weighted by atomic mass is 19.1. The molecule has 0 spiro atoms. The molecule has 13 heteroatoms. The zero-order valence-corrected chi connectivity index (χ0v) is 20.3. The molecule has 0 aliphatic carbocycles. The van der Waals surface area contributed by atoms with E-state index < -0.39 is 30.1 Å². The van der Waals surface area contributed by atoms with Crippen LogP contribution in [0, 0.1) is 0 Å². The molecule has 2 amide bonds. The van der Waals surface area contributed by atoms with Gasteiger partial charge in [-0.05, 0) is 32.0 Å². The summed E-state index contributed by atoms with van der Waals surface area (Å²) in [5, 5.41) is 20.4. The van der Waals surface area contributed by atoms with Gasteiger partial charge >= 0.3 is 0 Å². The van der Waals surface area contributed by atoms with E-state index in [1.165, 1.54) is 43.5 Å². The Balaban J connectivity index is 1.52. The summed E-state index contributed by atoms with van der Waals surface area (Å²) in [5.41, 5.74) is 6.62. The predicted molar refractivity (Wildman–Crippen MR) is 136 cm³/mol. The van der Waals surface area contributed by atoms with Gasteiger partial charge in [0.25, 0.3) is 5.91 Å². The highest BCUT2D eigenvalue weighted by molar-refractivity contribution is 6.00.